The summed E-state index contributed by atoms with van der Waals surface area (Å²) in [6, 6.07) is -1.12. The number of aliphatic hydroxyl groups is 1. The molecule has 0 unspecified atom stereocenters. The van der Waals surface area contributed by atoms with Crippen molar-refractivity contribution in [3.63, 3.8) is 0 Å². The summed E-state index contributed by atoms with van der Waals surface area (Å²) in [4.78, 5) is 47.7. The third kappa shape index (κ3) is 4.67. The second-order valence-electron chi connectivity index (χ2n) is 5.68. The molecule has 2 heterocycles. The number of fused-ring (bicyclic) bond motifs is 1. The van der Waals surface area contributed by atoms with Crippen LogP contribution in [-0.2, 0) is 23.9 Å². The Morgan fingerprint density at radius 3 is 2.68 bits per heavy atom. The van der Waals surface area contributed by atoms with Gasteiger partial charge in [-0.25, -0.2) is 0 Å². The van der Waals surface area contributed by atoms with Crippen LogP contribution in [0.25, 0.3) is 0 Å². The second-order valence-corrected chi connectivity index (χ2v) is 7.78. The molecule has 1 saturated heterocycles. The Hall–Kier alpha value is -0.800. The van der Waals surface area contributed by atoms with Gasteiger partial charge in [-0.05, 0) is 5.57 Å². The van der Waals surface area contributed by atoms with E-state index >= 15 is 0 Å². The van der Waals surface area contributed by atoms with Crippen LogP contribution < -0.4 is 45.7 Å². The largest absolute Gasteiger partial charge is 1.00 e. The third-order valence-electron chi connectivity index (χ3n) is 3.99. The first-order valence-corrected chi connectivity index (χ1v) is 9.81. The van der Waals surface area contributed by atoms with Gasteiger partial charge in [0.05, 0.1) is 24.0 Å². The van der Waals surface area contributed by atoms with E-state index in [1.54, 1.807) is 0 Å². The Balaban J connectivity index is 0.00000392. The molecule has 0 aliphatic carbocycles. The van der Waals surface area contributed by atoms with E-state index in [9.17, 15) is 29.4 Å². The fourth-order valence-electron chi connectivity index (χ4n) is 2.65. The van der Waals surface area contributed by atoms with Crippen molar-refractivity contribution in [2.24, 2.45) is 5.73 Å². The van der Waals surface area contributed by atoms with E-state index in [-0.39, 0.29) is 52.4 Å². The number of rotatable bonds is 9. The summed E-state index contributed by atoms with van der Waals surface area (Å²) in [5, 5.41) is 31.0. The van der Waals surface area contributed by atoms with Gasteiger partial charge in [0, 0.05) is 18.6 Å². The molecule has 0 aromatic heterocycles. The molecule has 0 aromatic carbocycles. The second kappa shape index (κ2) is 10.3. The van der Waals surface area contributed by atoms with Crippen molar-refractivity contribution in [2.75, 3.05) is 31.0 Å². The summed E-state index contributed by atoms with van der Waals surface area (Å²) < 4.78 is 5.22. The smallest absolute Gasteiger partial charge is 0.543 e. The Kier molecular flexibility index (Phi) is 9.28. The van der Waals surface area contributed by atoms with Crippen LogP contribution in [0.5, 0.6) is 0 Å². The first-order valence-electron chi connectivity index (χ1n) is 7.61. The number of hydrogen-bond donors (Lipinski definition) is 4. The van der Waals surface area contributed by atoms with Gasteiger partial charge in [-0.15, -0.1) is 23.5 Å². The zero-order valence-corrected chi connectivity index (χ0v) is 18.8. The number of ether oxygens (including phenoxy) is 1. The Morgan fingerprint density at radius 1 is 1.54 bits per heavy atom. The van der Waals surface area contributed by atoms with Crippen molar-refractivity contribution in [2.45, 2.75) is 17.1 Å². The standard InChI is InChI=1S/C14H19N3O8S2.Na/c1-25-14(16-8(19)5-26-4-7(15)10(20)21)12(24)17-9(11(22)23)6(2-18)3-27-13(14)17;/h7,13,18H,2-5,15H2,1H3,(H,16,19)(H,20,21)(H,22,23);/q;+1/p-1/t7-,13+,14-;/m0./s1. The number of nitrogens with two attached hydrogens (primary N) is 1. The Bertz CT molecular complexity index is 706. The van der Waals surface area contributed by atoms with Crippen molar-refractivity contribution in [1.29, 1.82) is 0 Å². The van der Waals surface area contributed by atoms with Crippen LogP contribution in [0.2, 0.25) is 0 Å². The number of aliphatic hydroxyl groups excluding tert-OH is 1. The first kappa shape index (κ1) is 25.2. The molecule has 0 bridgehead atoms. The predicted molar refractivity (Wildman–Crippen MR) is 93.0 cm³/mol. The molecule has 0 spiro atoms. The topological polar surface area (TPSA) is 182 Å². The van der Waals surface area contributed by atoms with E-state index in [2.05, 4.69) is 5.32 Å². The van der Waals surface area contributed by atoms with Gasteiger partial charge < -0.3 is 35.9 Å². The minimum atomic E-state index is -1.75. The van der Waals surface area contributed by atoms with Crippen LogP contribution in [-0.4, -0.2) is 87.0 Å². The summed E-state index contributed by atoms with van der Waals surface area (Å²) in [5.74, 6) is -4.24. The fraction of sp³-hybridized carbons (Fsp3) is 0.571. The van der Waals surface area contributed by atoms with Gasteiger partial charge >= 0.3 is 35.5 Å². The molecule has 14 heteroatoms. The van der Waals surface area contributed by atoms with Crippen LogP contribution in [0.4, 0.5) is 0 Å². The molecule has 3 atom stereocenters. The molecule has 0 radical (unpaired) electrons. The van der Waals surface area contributed by atoms with E-state index in [0.29, 0.717) is 0 Å². The normalized spacial score (nSPS) is 24.6. The number of carbonyl (C=O) groups is 4. The summed E-state index contributed by atoms with van der Waals surface area (Å²) >= 11 is 2.10. The molecule has 2 aliphatic heterocycles. The van der Waals surface area contributed by atoms with Gasteiger partial charge in [0.1, 0.15) is 11.4 Å². The van der Waals surface area contributed by atoms with Gasteiger partial charge in [-0.2, -0.15) is 0 Å². The third-order valence-corrected chi connectivity index (χ3v) is 6.42. The molecule has 1 fully saturated rings. The molecular formula is C14H18N3NaO8S2. The molecule has 150 valence electrons. The molecule has 2 rings (SSSR count). The van der Waals surface area contributed by atoms with Crippen molar-refractivity contribution < 1.29 is 68.8 Å². The number of hydrogen-bond acceptors (Lipinski definition) is 10. The van der Waals surface area contributed by atoms with Gasteiger partial charge in [0.15, 0.2) is 0 Å². The van der Waals surface area contributed by atoms with Crippen LogP contribution in [0.15, 0.2) is 11.3 Å². The zero-order valence-electron chi connectivity index (χ0n) is 15.2. The maximum absolute atomic E-state index is 12.6. The number of carboxylic acids is 2. The number of nitrogens with zero attached hydrogens (tertiary/aromatic N) is 1. The molecule has 11 nitrogen and oxygen atoms in total. The van der Waals surface area contributed by atoms with Crippen LogP contribution in [0.1, 0.15) is 0 Å². The molecule has 2 amide bonds. The molecule has 28 heavy (non-hydrogen) atoms. The van der Waals surface area contributed by atoms with Crippen LogP contribution >= 0.6 is 23.5 Å². The summed E-state index contributed by atoms with van der Waals surface area (Å²) in [7, 11) is 1.20. The number of carbonyl (C=O) groups excluding carboxylic acids is 3. The molecule has 5 N–H and O–H groups in total. The summed E-state index contributed by atoms with van der Waals surface area (Å²) in [6.07, 6.45) is 0. The van der Waals surface area contributed by atoms with Crippen LogP contribution in [0.3, 0.4) is 0 Å². The van der Waals surface area contributed by atoms with Crippen molar-refractivity contribution in [3.8, 4) is 0 Å². The summed E-state index contributed by atoms with van der Waals surface area (Å²) in [6.45, 7) is -0.542. The maximum atomic E-state index is 12.6. The average molecular weight is 443 g/mol. The van der Waals surface area contributed by atoms with Gasteiger partial charge in [0.25, 0.3) is 11.6 Å². The van der Waals surface area contributed by atoms with E-state index in [4.69, 9.17) is 15.6 Å². The van der Waals surface area contributed by atoms with E-state index in [1.807, 2.05) is 0 Å². The predicted octanol–water partition coefficient (Wildman–Crippen LogP) is -6.49. The fourth-order valence-corrected chi connectivity index (χ4v) is 4.85. The Morgan fingerprint density at radius 2 is 2.18 bits per heavy atom. The average Bonchev–Trinajstić information content (AvgIpc) is 2.63. The summed E-state index contributed by atoms with van der Waals surface area (Å²) in [5.41, 5.74) is 3.31. The molecule has 0 saturated carbocycles. The maximum Gasteiger partial charge on any atom is 1.00 e. The minimum Gasteiger partial charge on any atom is -0.543 e. The van der Waals surface area contributed by atoms with Crippen molar-refractivity contribution >= 4 is 47.3 Å². The number of thioether (sulfide) groups is 2. The Labute approximate surface area is 190 Å². The SMILES string of the molecule is CO[C@@]1(NC(=O)CSC[C@H](N)C(=O)O)C(=O)N2C(C(=O)[O-])=C(CO)CS[C@@H]21.[Na+]. The van der Waals surface area contributed by atoms with Crippen molar-refractivity contribution in [3.05, 3.63) is 11.3 Å². The van der Waals surface area contributed by atoms with E-state index < -0.39 is 53.2 Å². The van der Waals surface area contributed by atoms with Gasteiger partial charge in [-0.1, -0.05) is 0 Å². The quantitative estimate of drug-likeness (QED) is 0.151. The molecular weight excluding hydrogens is 425 g/mol. The zero-order chi connectivity index (χ0) is 20.4. The first-order chi connectivity index (χ1) is 12.7. The minimum absolute atomic E-state index is 0. The molecule has 2 aliphatic rings. The van der Waals surface area contributed by atoms with Crippen molar-refractivity contribution in [1.82, 2.24) is 10.2 Å². The van der Waals surface area contributed by atoms with E-state index in [0.717, 1.165) is 28.4 Å². The number of nitrogens with one attached hydrogen (secondary N) is 1. The number of methoxy groups -OCH3 is 1. The van der Waals surface area contributed by atoms with Gasteiger partial charge in [-0.3, -0.25) is 19.3 Å². The van der Waals surface area contributed by atoms with Crippen LogP contribution in [0, 0.1) is 0 Å². The number of β-lactam (4-membered cyclic amide) rings is 1. The number of carboxylic acid groups (broad SMARTS) is 2. The number of amides is 2. The molecule has 0 aromatic rings. The van der Waals surface area contributed by atoms with Gasteiger partial charge in [0.2, 0.25) is 5.91 Å². The van der Waals surface area contributed by atoms with E-state index in [1.165, 1.54) is 7.11 Å². The monoisotopic (exact) mass is 443 g/mol. The number of aliphatic carboxylic acids is 2.